The molecule has 0 bridgehead atoms. The maximum Gasteiger partial charge on any atom is 0.338 e. The van der Waals surface area contributed by atoms with E-state index in [1.165, 1.54) is 19.1 Å². The molecule has 3 aliphatic rings. The second-order valence-corrected chi connectivity index (χ2v) is 15.4. The molecule has 4 rings (SSSR count). The van der Waals surface area contributed by atoms with Crippen LogP contribution in [0.25, 0.3) is 41.8 Å². The van der Waals surface area contributed by atoms with Crippen LogP contribution in [0.2, 0.25) is 0 Å². The van der Waals surface area contributed by atoms with Crippen LogP contribution in [0.15, 0.2) is 50.8 Å². The van der Waals surface area contributed by atoms with Gasteiger partial charge < -0.3 is 37.9 Å². The summed E-state index contributed by atoms with van der Waals surface area (Å²) in [4.78, 5) is 75.9. The van der Waals surface area contributed by atoms with Gasteiger partial charge in [-0.3, -0.25) is 19.2 Å². The summed E-state index contributed by atoms with van der Waals surface area (Å²) in [7, 11) is 0. The number of esters is 4. The Labute approximate surface area is 360 Å². The Balaban J connectivity index is 1.86. The van der Waals surface area contributed by atoms with Crippen LogP contribution < -0.4 is 0 Å². The lowest BCUT2D eigenvalue weighted by molar-refractivity contribution is -0.303. The zero-order chi connectivity index (χ0) is 46.2. The number of nitrogens with zero attached hydrogens (tertiary/aromatic N) is 12. The third-order valence-electron chi connectivity index (χ3n) is 11.2. The summed E-state index contributed by atoms with van der Waals surface area (Å²) >= 11 is 0. The van der Waals surface area contributed by atoms with E-state index >= 15 is 0 Å². The molecular weight excluding hydrogens is 832 g/mol. The van der Waals surface area contributed by atoms with Crippen molar-refractivity contribution in [2.75, 3.05) is 19.7 Å². The van der Waals surface area contributed by atoms with Gasteiger partial charge in [-0.1, -0.05) is 59.4 Å². The largest absolute Gasteiger partial charge is 0.463 e. The van der Waals surface area contributed by atoms with E-state index in [1.54, 1.807) is 39.0 Å². The molecule has 0 radical (unpaired) electrons. The van der Waals surface area contributed by atoms with E-state index < -0.39 is 121 Å². The highest BCUT2D eigenvalue weighted by molar-refractivity contribution is 5.89. The number of benzene rings is 1. The minimum absolute atomic E-state index is 0.182. The quantitative estimate of drug-likeness (QED) is 0.0469. The smallest absolute Gasteiger partial charge is 0.338 e. The standard InChI is InChI=1S/C38H50N12O13/c1-18-19(2)31(46-50-42)37(60-30(18)17-56-21(4)51)62-34-26(45-49-41)14-25(15-27(54)28(57-22(5)52)12-13-43-47-39)33(58-23(6)53)35(34)63-38-32(20(3)29(59-38)16-44-48-40)61-36(55)24-10-8-7-9-11-24/h7-11,18-20,25-26,28-35,37-38H,12-17H2,1-6H3/t18-,19-,20-,25-,26?,28-,29+,30?,31?,32?,33?,34+,35+,37+,38-/m0/s1. The van der Waals surface area contributed by atoms with E-state index in [0.29, 0.717) is 0 Å². The van der Waals surface area contributed by atoms with Crippen molar-refractivity contribution in [3.05, 3.63) is 77.7 Å². The normalized spacial score (nSPS) is 31.5. The molecule has 0 aromatic heterocycles. The van der Waals surface area contributed by atoms with E-state index in [4.69, 9.17) is 49.0 Å². The molecule has 1 aliphatic carbocycles. The number of carbonyl (C=O) groups excluding carboxylic acids is 5. The minimum Gasteiger partial charge on any atom is -0.463 e. The van der Waals surface area contributed by atoms with Crippen LogP contribution in [0.1, 0.15) is 71.2 Å². The van der Waals surface area contributed by atoms with Crippen molar-refractivity contribution < 1.29 is 61.9 Å². The fraction of sp³-hybridized carbons (Fsp3) is 0.711. The van der Waals surface area contributed by atoms with Crippen molar-refractivity contribution in [1.82, 2.24) is 0 Å². The van der Waals surface area contributed by atoms with Gasteiger partial charge in [0.05, 0.1) is 42.5 Å². The van der Waals surface area contributed by atoms with Gasteiger partial charge in [0.1, 0.15) is 18.8 Å². The van der Waals surface area contributed by atoms with E-state index in [-0.39, 0.29) is 44.0 Å². The van der Waals surface area contributed by atoms with Crippen molar-refractivity contribution in [2.45, 2.75) is 128 Å². The number of ketones is 1. The molecule has 15 atom stereocenters. The highest BCUT2D eigenvalue weighted by atomic mass is 16.7. The fourth-order valence-electron chi connectivity index (χ4n) is 7.91. The van der Waals surface area contributed by atoms with E-state index in [1.807, 2.05) is 0 Å². The summed E-state index contributed by atoms with van der Waals surface area (Å²) in [6.45, 7) is 8.04. The lowest BCUT2D eigenvalue weighted by atomic mass is 9.76. The van der Waals surface area contributed by atoms with Crippen LogP contribution in [0, 0.1) is 23.7 Å². The summed E-state index contributed by atoms with van der Waals surface area (Å²) in [5, 5.41) is 15.1. The van der Waals surface area contributed by atoms with Crippen molar-refractivity contribution in [3.63, 3.8) is 0 Å². The molecule has 0 amide bonds. The highest BCUT2D eigenvalue weighted by Crippen LogP contribution is 2.42. The number of hydrogen-bond donors (Lipinski definition) is 0. The molecule has 3 fully saturated rings. The van der Waals surface area contributed by atoms with Crippen LogP contribution in [0.4, 0.5) is 0 Å². The van der Waals surface area contributed by atoms with Gasteiger partial charge in [0.2, 0.25) is 0 Å². The van der Waals surface area contributed by atoms with Gasteiger partial charge in [-0.05, 0) is 58.9 Å². The van der Waals surface area contributed by atoms with Gasteiger partial charge in [0.15, 0.2) is 30.6 Å². The van der Waals surface area contributed by atoms with Gasteiger partial charge >= 0.3 is 23.9 Å². The van der Waals surface area contributed by atoms with Crippen molar-refractivity contribution in [1.29, 1.82) is 0 Å². The van der Waals surface area contributed by atoms with Crippen LogP contribution in [-0.4, -0.2) is 117 Å². The third-order valence-corrected chi connectivity index (χ3v) is 11.2. The lowest BCUT2D eigenvalue weighted by Crippen LogP contribution is -2.61. The average Bonchev–Trinajstić information content (AvgIpc) is 3.53. The molecule has 1 saturated carbocycles. The fourth-order valence-corrected chi connectivity index (χ4v) is 7.91. The van der Waals surface area contributed by atoms with E-state index in [0.717, 1.165) is 13.8 Å². The highest BCUT2D eigenvalue weighted by Gasteiger charge is 2.55. The molecule has 25 nitrogen and oxygen atoms in total. The number of ether oxygens (including phenoxy) is 8. The van der Waals surface area contributed by atoms with Crippen LogP contribution in [0.5, 0.6) is 0 Å². The number of hydrogen-bond acceptors (Lipinski definition) is 17. The van der Waals surface area contributed by atoms with Crippen molar-refractivity contribution in [3.8, 4) is 0 Å². The first-order valence-corrected chi connectivity index (χ1v) is 20.1. The monoisotopic (exact) mass is 882 g/mol. The Morgan fingerprint density at radius 3 is 2.02 bits per heavy atom. The molecule has 2 aliphatic heterocycles. The van der Waals surface area contributed by atoms with Crippen LogP contribution in [-0.2, 0) is 57.1 Å². The van der Waals surface area contributed by atoms with Gasteiger partial charge in [0, 0.05) is 65.2 Å². The first-order valence-electron chi connectivity index (χ1n) is 20.1. The summed E-state index contributed by atoms with van der Waals surface area (Å²) in [5.74, 6) is -6.19. The SMILES string of the molecule is CC(=O)OCC1O[C@H](O[C@@H]2C(N=[N+]=[N-])C[C@@H](CC(=O)[C@H](CCN=[N+]=[N-])OC(C)=O)C(OC(C)=O)[C@H]2O[C@@H]2O[C@H](CN=[N+]=[N-])[C@H](C)C2OC(=O)c2ccccc2)C(N=[N+]=[N-])[C@@H](C)[C@@H]1C. The molecule has 1 aromatic rings. The zero-order valence-electron chi connectivity index (χ0n) is 35.5. The lowest BCUT2D eigenvalue weighted by Gasteiger charge is -2.49. The van der Waals surface area contributed by atoms with E-state index in [9.17, 15) is 35.0 Å². The predicted octanol–water partition coefficient (Wildman–Crippen LogP) is 6.11. The maximum atomic E-state index is 14.0. The summed E-state index contributed by atoms with van der Waals surface area (Å²) in [5.41, 5.74) is 37.7. The average molecular weight is 883 g/mol. The molecule has 340 valence electrons. The Hall–Kier alpha value is -6.15. The summed E-state index contributed by atoms with van der Waals surface area (Å²) < 4.78 is 48.3. The van der Waals surface area contributed by atoms with Gasteiger partial charge in [-0.25, -0.2) is 4.79 Å². The summed E-state index contributed by atoms with van der Waals surface area (Å²) in [6.07, 6.45) is -12.6. The number of rotatable bonds is 20. The number of azide groups is 4. The van der Waals surface area contributed by atoms with Crippen LogP contribution >= 0.6 is 0 Å². The topological polar surface area (TPSA) is 354 Å². The summed E-state index contributed by atoms with van der Waals surface area (Å²) in [6, 6.07) is 5.73. The molecule has 0 N–H and O–H groups in total. The molecule has 1 aromatic carbocycles. The first-order chi connectivity index (χ1) is 30.1. The molecule has 5 unspecified atom stereocenters. The van der Waals surface area contributed by atoms with Gasteiger partial charge in [-0.15, -0.1) is 0 Å². The van der Waals surface area contributed by atoms with E-state index in [2.05, 4.69) is 40.1 Å². The van der Waals surface area contributed by atoms with Crippen LogP contribution in [0.3, 0.4) is 0 Å². The minimum atomic E-state index is -1.57. The Morgan fingerprint density at radius 1 is 0.730 bits per heavy atom. The number of Topliss-reactive ketones (excluding diaryl/α,β-unsaturated/α-hetero) is 1. The molecule has 2 saturated heterocycles. The number of carbonyl (C=O) groups is 5. The Morgan fingerprint density at radius 2 is 1.40 bits per heavy atom. The molecular formula is C38H50N12O13. The predicted molar refractivity (Wildman–Crippen MR) is 214 cm³/mol. The molecule has 25 heteroatoms. The van der Waals surface area contributed by atoms with Crippen molar-refractivity contribution in [2.24, 2.45) is 44.1 Å². The third kappa shape index (κ3) is 13.4. The molecule has 63 heavy (non-hydrogen) atoms. The maximum absolute atomic E-state index is 14.0. The first kappa shape index (κ1) is 49.5. The molecule has 2 heterocycles. The Bertz CT molecular complexity index is 1990. The second-order valence-electron chi connectivity index (χ2n) is 15.4. The van der Waals surface area contributed by atoms with Crippen molar-refractivity contribution >= 4 is 29.7 Å². The van der Waals surface area contributed by atoms with Gasteiger partial charge in [-0.2, -0.15) is 0 Å². The Kier molecular flexibility index (Phi) is 18.8. The second kappa shape index (κ2) is 23.9. The molecule has 0 spiro atoms. The zero-order valence-corrected chi connectivity index (χ0v) is 35.5. The van der Waals surface area contributed by atoms with Gasteiger partial charge in [0.25, 0.3) is 0 Å².